The molecule has 1 aromatic carbocycles. The van der Waals surface area contributed by atoms with E-state index in [1.54, 1.807) is 19.1 Å². The van der Waals surface area contributed by atoms with Crippen molar-refractivity contribution in [1.82, 2.24) is 10.2 Å². The first-order valence-corrected chi connectivity index (χ1v) is 7.23. The van der Waals surface area contributed by atoms with Gasteiger partial charge in [0.15, 0.2) is 11.5 Å². The second kappa shape index (κ2) is 6.80. The van der Waals surface area contributed by atoms with Gasteiger partial charge < -0.3 is 19.7 Å². The van der Waals surface area contributed by atoms with E-state index in [2.05, 4.69) is 5.32 Å². The number of methoxy groups -OCH3 is 2. The molecular weight excluding hydrogens is 268 g/mol. The smallest absolute Gasteiger partial charge is 0.225 e. The third kappa shape index (κ3) is 3.47. The van der Waals surface area contributed by atoms with E-state index in [-0.39, 0.29) is 11.8 Å². The van der Waals surface area contributed by atoms with Crippen molar-refractivity contribution < 1.29 is 14.3 Å². The number of nitrogens with zero attached hydrogens (tertiary/aromatic N) is 1. The molecular formula is C16H24N2O3. The number of ether oxygens (including phenoxy) is 2. The van der Waals surface area contributed by atoms with E-state index in [0.717, 1.165) is 18.7 Å². The van der Waals surface area contributed by atoms with Gasteiger partial charge in [0.2, 0.25) is 5.91 Å². The zero-order valence-electron chi connectivity index (χ0n) is 13.2. The molecule has 5 heteroatoms. The van der Waals surface area contributed by atoms with Crippen LogP contribution in [0, 0.1) is 11.8 Å². The Bertz CT molecular complexity index is 500. The lowest BCUT2D eigenvalue weighted by Gasteiger charge is -2.34. The summed E-state index contributed by atoms with van der Waals surface area (Å²) in [6, 6.07) is 5.74. The lowest BCUT2D eigenvalue weighted by Crippen LogP contribution is -2.49. The van der Waals surface area contributed by atoms with Gasteiger partial charge >= 0.3 is 0 Å². The van der Waals surface area contributed by atoms with Crippen LogP contribution in [0.1, 0.15) is 12.5 Å². The molecule has 0 aromatic heterocycles. The number of nitrogens with one attached hydrogen (secondary N) is 1. The van der Waals surface area contributed by atoms with Gasteiger partial charge in [0, 0.05) is 19.5 Å². The molecule has 1 aromatic rings. The van der Waals surface area contributed by atoms with Crippen LogP contribution in [-0.2, 0) is 11.3 Å². The van der Waals surface area contributed by atoms with Crippen molar-refractivity contribution in [2.45, 2.75) is 13.5 Å². The third-order valence-electron chi connectivity index (χ3n) is 4.15. The highest BCUT2D eigenvalue weighted by Gasteiger charge is 2.30. The molecule has 21 heavy (non-hydrogen) atoms. The summed E-state index contributed by atoms with van der Waals surface area (Å²) < 4.78 is 10.5. The van der Waals surface area contributed by atoms with Gasteiger partial charge in [-0.25, -0.2) is 0 Å². The quantitative estimate of drug-likeness (QED) is 0.863. The van der Waals surface area contributed by atoms with Gasteiger partial charge in [0.05, 0.1) is 14.2 Å². The van der Waals surface area contributed by atoms with E-state index >= 15 is 0 Å². The fourth-order valence-electron chi connectivity index (χ4n) is 2.54. The summed E-state index contributed by atoms with van der Waals surface area (Å²) in [5.74, 6) is 2.11. The minimum Gasteiger partial charge on any atom is -0.493 e. The van der Waals surface area contributed by atoms with Crippen molar-refractivity contribution in [3.8, 4) is 11.5 Å². The first-order chi connectivity index (χ1) is 10.1. The lowest BCUT2D eigenvalue weighted by molar-refractivity contribution is -0.136. The molecule has 1 amide bonds. The summed E-state index contributed by atoms with van der Waals surface area (Å²) in [5, 5.41) is 3.21. The molecule has 1 saturated heterocycles. The zero-order valence-corrected chi connectivity index (χ0v) is 13.2. The molecule has 0 bridgehead atoms. The molecule has 0 saturated carbocycles. The molecule has 1 aliphatic heterocycles. The van der Waals surface area contributed by atoms with Gasteiger partial charge in [-0.15, -0.1) is 0 Å². The average Bonchev–Trinajstić information content (AvgIpc) is 2.44. The highest BCUT2D eigenvalue weighted by molar-refractivity contribution is 5.78. The Labute approximate surface area is 126 Å². The Balaban J connectivity index is 2.01. The van der Waals surface area contributed by atoms with Gasteiger partial charge in [-0.1, -0.05) is 13.0 Å². The predicted molar refractivity (Wildman–Crippen MR) is 81.5 cm³/mol. The topological polar surface area (TPSA) is 50.8 Å². The molecule has 1 N–H and O–H groups in total. The minimum absolute atomic E-state index is 0.0661. The molecule has 2 rings (SSSR count). The number of carbonyl (C=O) groups is 1. The number of rotatable bonds is 6. The van der Waals surface area contributed by atoms with Crippen LogP contribution in [0.25, 0.3) is 0 Å². The van der Waals surface area contributed by atoms with E-state index in [9.17, 15) is 4.79 Å². The molecule has 1 atom stereocenters. The highest BCUT2D eigenvalue weighted by atomic mass is 16.5. The zero-order chi connectivity index (χ0) is 15.4. The van der Waals surface area contributed by atoms with Crippen molar-refractivity contribution in [2.75, 3.05) is 34.4 Å². The van der Waals surface area contributed by atoms with E-state index in [1.807, 2.05) is 32.2 Å². The van der Waals surface area contributed by atoms with Gasteiger partial charge in [0.25, 0.3) is 0 Å². The molecule has 0 radical (unpaired) electrons. The number of carbonyl (C=O) groups excluding carboxylic acids is 1. The van der Waals surface area contributed by atoms with Gasteiger partial charge in [-0.05, 0) is 36.7 Å². The van der Waals surface area contributed by atoms with Crippen LogP contribution in [0.2, 0.25) is 0 Å². The predicted octanol–water partition coefficient (Wildman–Crippen LogP) is 1.52. The number of hydrogen-bond acceptors (Lipinski definition) is 4. The van der Waals surface area contributed by atoms with E-state index < -0.39 is 0 Å². The SMILES string of the molecule is COc1ccc(CN(C)C(=O)C(C)C2CNC2)cc1OC. The van der Waals surface area contributed by atoms with Crippen LogP contribution in [0.3, 0.4) is 0 Å². The Morgan fingerprint density at radius 2 is 2.00 bits per heavy atom. The normalized spacial score (nSPS) is 16.0. The van der Waals surface area contributed by atoms with Crippen LogP contribution in [-0.4, -0.2) is 45.2 Å². The van der Waals surface area contributed by atoms with Crippen molar-refractivity contribution in [2.24, 2.45) is 11.8 Å². The Morgan fingerprint density at radius 1 is 1.33 bits per heavy atom. The number of amides is 1. The maximum absolute atomic E-state index is 12.4. The van der Waals surface area contributed by atoms with Crippen LogP contribution in [0.4, 0.5) is 0 Å². The molecule has 5 nitrogen and oxygen atoms in total. The Kier molecular flexibility index (Phi) is 5.07. The van der Waals surface area contributed by atoms with Crippen molar-refractivity contribution in [3.05, 3.63) is 23.8 Å². The van der Waals surface area contributed by atoms with E-state index in [0.29, 0.717) is 24.0 Å². The summed E-state index contributed by atoms with van der Waals surface area (Å²) in [4.78, 5) is 14.2. The first kappa shape index (κ1) is 15.6. The van der Waals surface area contributed by atoms with E-state index in [4.69, 9.17) is 9.47 Å². The maximum Gasteiger partial charge on any atom is 0.225 e. The van der Waals surface area contributed by atoms with Gasteiger partial charge in [-0.2, -0.15) is 0 Å². The van der Waals surface area contributed by atoms with E-state index in [1.165, 1.54) is 0 Å². The second-order valence-corrected chi connectivity index (χ2v) is 5.59. The molecule has 0 aliphatic carbocycles. The molecule has 1 fully saturated rings. The van der Waals surface area contributed by atoms with Gasteiger partial charge in [0.1, 0.15) is 0 Å². The third-order valence-corrected chi connectivity index (χ3v) is 4.15. The largest absolute Gasteiger partial charge is 0.493 e. The molecule has 1 heterocycles. The van der Waals surface area contributed by atoms with Crippen molar-refractivity contribution in [1.29, 1.82) is 0 Å². The summed E-state index contributed by atoms with van der Waals surface area (Å²) in [6.07, 6.45) is 0. The maximum atomic E-state index is 12.4. The second-order valence-electron chi connectivity index (χ2n) is 5.59. The average molecular weight is 292 g/mol. The van der Waals surface area contributed by atoms with Crippen molar-refractivity contribution in [3.63, 3.8) is 0 Å². The molecule has 1 aliphatic rings. The van der Waals surface area contributed by atoms with Crippen LogP contribution >= 0.6 is 0 Å². The first-order valence-electron chi connectivity index (χ1n) is 7.23. The fraction of sp³-hybridized carbons (Fsp3) is 0.562. The summed E-state index contributed by atoms with van der Waals surface area (Å²) in [6.45, 7) is 4.47. The highest BCUT2D eigenvalue weighted by Crippen LogP contribution is 2.28. The molecule has 1 unspecified atom stereocenters. The Hall–Kier alpha value is -1.75. The summed E-state index contributed by atoms with van der Waals surface area (Å²) in [7, 11) is 5.07. The monoisotopic (exact) mass is 292 g/mol. The molecule has 0 spiro atoms. The summed E-state index contributed by atoms with van der Waals surface area (Å²) in [5.41, 5.74) is 1.03. The van der Waals surface area contributed by atoms with Crippen molar-refractivity contribution >= 4 is 5.91 Å². The lowest BCUT2D eigenvalue weighted by atomic mass is 9.88. The number of hydrogen-bond donors (Lipinski definition) is 1. The van der Waals surface area contributed by atoms with Gasteiger partial charge in [-0.3, -0.25) is 4.79 Å². The number of benzene rings is 1. The van der Waals surface area contributed by atoms with Crippen LogP contribution < -0.4 is 14.8 Å². The van der Waals surface area contributed by atoms with Crippen LogP contribution in [0.5, 0.6) is 11.5 Å². The Morgan fingerprint density at radius 3 is 2.52 bits per heavy atom. The minimum atomic E-state index is 0.0661. The fourth-order valence-corrected chi connectivity index (χ4v) is 2.54. The summed E-state index contributed by atoms with van der Waals surface area (Å²) >= 11 is 0. The van der Waals surface area contributed by atoms with Crippen LogP contribution in [0.15, 0.2) is 18.2 Å². The standard InChI is InChI=1S/C16H24N2O3/c1-11(13-8-17-9-13)16(19)18(2)10-12-5-6-14(20-3)15(7-12)21-4/h5-7,11,13,17H,8-10H2,1-4H3. The molecule has 116 valence electrons.